The van der Waals surface area contributed by atoms with Crippen molar-refractivity contribution in [2.45, 2.75) is 6.92 Å². The largest absolute Gasteiger partial charge is 0.451 e. The van der Waals surface area contributed by atoms with Crippen LogP contribution in [0.4, 0.5) is 5.13 Å². The second kappa shape index (κ2) is 5.96. The second-order valence-corrected chi connectivity index (χ2v) is 4.52. The standard InChI is InChI=1S/C10H9N5O3S/c1-6-14-15-10(19-6)13-8(16)5-18-9(17)7-4-11-2-3-12-7/h2-4H,5H2,1H3,(H,13,15,16). The van der Waals surface area contributed by atoms with Gasteiger partial charge in [-0.3, -0.25) is 15.1 Å². The van der Waals surface area contributed by atoms with Gasteiger partial charge in [0.2, 0.25) is 5.13 Å². The second-order valence-electron chi connectivity index (χ2n) is 3.34. The lowest BCUT2D eigenvalue weighted by molar-refractivity contribution is -0.119. The first-order valence-electron chi connectivity index (χ1n) is 5.18. The van der Waals surface area contributed by atoms with Gasteiger partial charge in [-0.2, -0.15) is 0 Å². The molecule has 0 unspecified atom stereocenters. The number of hydrogen-bond donors (Lipinski definition) is 1. The van der Waals surface area contributed by atoms with Gasteiger partial charge in [0.25, 0.3) is 5.91 Å². The van der Waals surface area contributed by atoms with Gasteiger partial charge >= 0.3 is 5.97 Å². The fourth-order valence-corrected chi connectivity index (χ4v) is 1.72. The van der Waals surface area contributed by atoms with E-state index in [4.69, 9.17) is 4.74 Å². The van der Waals surface area contributed by atoms with Crippen LogP contribution in [0.25, 0.3) is 0 Å². The Morgan fingerprint density at radius 1 is 1.37 bits per heavy atom. The van der Waals surface area contributed by atoms with Crippen molar-refractivity contribution in [1.82, 2.24) is 20.2 Å². The molecular weight excluding hydrogens is 270 g/mol. The number of nitrogens with one attached hydrogen (secondary N) is 1. The van der Waals surface area contributed by atoms with Gasteiger partial charge in [-0.15, -0.1) is 10.2 Å². The summed E-state index contributed by atoms with van der Waals surface area (Å²) in [4.78, 5) is 30.4. The molecule has 0 aromatic carbocycles. The average Bonchev–Trinajstić information content (AvgIpc) is 2.82. The van der Waals surface area contributed by atoms with E-state index in [9.17, 15) is 9.59 Å². The van der Waals surface area contributed by atoms with Crippen LogP contribution >= 0.6 is 11.3 Å². The molecule has 0 radical (unpaired) electrons. The highest BCUT2D eigenvalue weighted by molar-refractivity contribution is 7.15. The predicted octanol–water partition coefficient (Wildman–Crippen LogP) is 0.432. The van der Waals surface area contributed by atoms with Crippen LogP contribution in [0.15, 0.2) is 18.6 Å². The van der Waals surface area contributed by atoms with E-state index in [2.05, 4.69) is 25.5 Å². The number of nitrogens with zero attached hydrogens (tertiary/aromatic N) is 4. The van der Waals surface area contributed by atoms with Crippen molar-refractivity contribution >= 4 is 28.3 Å². The number of aryl methyl sites for hydroxylation is 1. The van der Waals surface area contributed by atoms with Crippen molar-refractivity contribution in [3.63, 3.8) is 0 Å². The van der Waals surface area contributed by atoms with Gasteiger partial charge in [-0.25, -0.2) is 9.78 Å². The molecule has 2 rings (SSSR count). The molecule has 0 bridgehead atoms. The molecule has 0 spiro atoms. The quantitative estimate of drug-likeness (QED) is 0.809. The molecule has 0 aliphatic rings. The Morgan fingerprint density at radius 3 is 2.84 bits per heavy atom. The van der Waals surface area contributed by atoms with E-state index < -0.39 is 18.5 Å². The zero-order valence-corrected chi connectivity index (χ0v) is 10.7. The highest BCUT2D eigenvalue weighted by Gasteiger charge is 2.12. The van der Waals surface area contributed by atoms with E-state index in [-0.39, 0.29) is 5.69 Å². The molecule has 2 heterocycles. The Morgan fingerprint density at radius 2 is 2.21 bits per heavy atom. The third-order valence-electron chi connectivity index (χ3n) is 1.88. The minimum absolute atomic E-state index is 0.0436. The fraction of sp³-hybridized carbons (Fsp3) is 0.200. The molecular formula is C10H9N5O3S. The van der Waals surface area contributed by atoms with Gasteiger partial charge < -0.3 is 4.74 Å². The van der Waals surface area contributed by atoms with Crippen molar-refractivity contribution in [2.24, 2.45) is 0 Å². The summed E-state index contributed by atoms with van der Waals surface area (Å²) in [7, 11) is 0. The number of ether oxygens (including phenoxy) is 1. The molecule has 0 saturated carbocycles. The Bertz CT molecular complexity index is 586. The number of aromatic nitrogens is 4. The lowest BCUT2D eigenvalue weighted by Gasteiger charge is -2.03. The van der Waals surface area contributed by atoms with E-state index >= 15 is 0 Å². The number of carbonyl (C=O) groups excluding carboxylic acids is 2. The minimum Gasteiger partial charge on any atom is -0.451 e. The van der Waals surface area contributed by atoms with Crippen LogP contribution in [0, 0.1) is 6.92 Å². The zero-order valence-electron chi connectivity index (χ0n) is 9.86. The van der Waals surface area contributed by atoms with Crippen LogP contribution in [0.5, 0.6) is 0 Å². The molecule has 98 valence electrons. The summed E-state index contributed by atoms with van der Waals surface area (Å²) in [5, 5.41) is 11.0. The highest BCUT2D eigenvalue weighted by Crippen LogP contribution is 2.13. The summed E-state index contributed by atoms with van der Waals surface area (Å²) in [5.41, 5.74) is 0.0436. The topological polar surface area (TPSA) is 107 Å². The maximum Gasteiger partial charge on any atom is 0.359 e. The van der Waals surface area contributed by atoms with Crippen LogP contribution in [0.2, 0.25) is 0 Å². The van der Waals surface area contributed by atoms with Crippen molar-refractivity contribution in [2.75, 3.05) is 11.9 Å². The number of esters is 1. The summed E-state index contributed by atoms with van der Waals surface area (Å²) in [5.74, 6) is -1.20. The SMILES string of the molecule is Cc1nnc(NC(=O)COC(=O)c2cnccn2)s1. The molecule has 9 heteroatoms. The number of anilines is 1. The van der Waals surface area contributed by atoms with Crippen molar-refractivity contribution < 1.29 is 14.3 Å². The fourth-order valence-electron chi connectivity index (χ4n) is 1.11. The van der Waals surface area contributed by atoms with E-state index in [1.807, 2.05) is 0 Å². The van der Waals surface area contributed by atoms with E-state index in [1.54, 1.807) is 6.92 Å². The van der Waals surface area contributed by atoms with E-state index in [1.165, 1.54) is 29.9 Å². The summed E-state index contributed by atoms with van der Waals surface area (Å²) in [6.07, 6.45) is 4.05. The van der Waals surface area contributed by atoms with Gasteiger partial charge in [0.05, 0.1) is 6.20 Å². The Hall–Kier alpha value is -2.42. The van der Waals surface area contributed by atoms with Gasteiger partial charge in [0.1, 0.15) is 5.01 Å². The molecule has 1 N–H and O–H groups in total. The Balaban J connectivity index is 1.82. The number of hydrogen-bond acceptors (Lipinski definition) is 8. The van der Waals surface area contributed by atoms with E-state index in [0.29, 0.717) is 5.13 Å². The third-order valence-corrected chi connectivity index (χ3v) is 2.63. The molecule has 0 saturated heterocycles. The van der Waals surface area contributed by atoms with Crippen molar-refractivity contribution in [3.8, 4) is 0 Å². The first-order chi connectivity index (χ1) is 9.15. The molecule has 0 fully saturated rings. The monoisotopic (exact) mass is 279 g/mol. The van der Waals surface area contributed by atoms with Crippen LogP contribution in [-0.2, 0) is 9.53 Å². The van der Waals surface area contributed by atoms with Crippen LogP contribution in [0.3, 0.4) is 0 Å². The van der Waals surface area contributed by atoms with Gasteiger partial charge in [0, 0.05) is 12.4 Å². The Labute approximate surface area is 111 Å². The molecule has 0 aliphatic heterocycles. The Kier molecular flexibility index (Phi) is 4.08. The van der Waals surface area contributed by atoms with Crippen LogP contribution in [-0.4, -0.2) is 38.6 Å². The molecule has 0 atom stereocenters. The first kappa shape index (κ1) is 13.0. The number of rotatable bonds is 4. The molecule has 0 aliphatic carbocycles. The highest BCUT2D eigenvalue weighted by atomic mass is 32.1. The average molecular weight is 279 g/mol. The van der Waals surface area contributed by atoms with Gasteiger partial charge in [0.15, 0.2) is 12.3 Å². The maximum atomic E-state index is 11.5. The summed E-state index contributed by atoms with van der Waals surface area (Å²) >= 11 is 1.23. The first-order valence-corrected chi connectivity index (χ1v) is 6.00. The van der Waals surface area contributed by atoms with Crippen molar-refractivity contribution in [3.05, 3.63) is 29.3 Å². The van der Waals surface area contributed by atoms with Crippen LogP contribution in [0.1, 0.15) is 15.5 Å². The van der Waals surface area contributed by atoms with Gasteiger partial charge in [-0.05, 0) is 6.92 Å². The molecule has 2 aromatic rings. The molecule has 2 aromatic heterocycles. The lowest BCUT2D eigenvalue weighted by atomic mass is 10.4. The molecule has 19 heavy (non-hydrogen) atoms. The number of carbonyl (C=O) groups is 2. The number of amides is 1. The van der Waals surface area contributed by atoms with Gasteiger partial charge in [-0.1, -0.05) is 11.3 Å². The maximum absolute atomic E-state index is 11.5. The van der Waals surface area contributed by atoms with Crippen molar-refractivity contribution in [1.29, 1.82) is 0 Å². The minimum atomic E-state index is -0.711. The lowest BCUT2D eigenvalue weighted by Crippen LogP contribution is -2.21. The third kappa shape index (κ3) is 3.78. The predicted molar refractivity (Wildman–Crippen MR) is 65.6 cm³/mol. The summed E-state index contributed by atoms with van der Waals surface area (Å²) in [6.45, 7) is 1.34. The summed E-state index contributed by atoms with van der Waals surface area (Å²) < 4.78 is 4.77. The normalized spacial score (nSPS) is 9.95. The van der Waals surface area contributed by atoms with E-state index in [0.717, 1.165) is 5.01 Å². The summed E-state index contributed by atoms with van der Waals surface area (Å²) in [6, 6.07) is 0. The smallest absolute Gasteiger partial charge is 0.359 e. The molecule has 1 amide bonds. The zero-order chi connectivity index (χ0) is 13.7. The van der Waals surface area contributed by atoms with Crippen LogP contribution < -0.4 is 5.32 Å². The molecule has 8 nitrogen and oxygen atoms in total.